The molecule has 6 rings (SSSR count). The minimum atomic E-state index is -0.261. The van der Waals surface area contributed by atoms with E-state index in [0.29, 0.717) is 56.4 Å². The molecule has 0 bridgehead atoms. The summed E-state index contributed by atoms with van der Waals surface area (Å²) in [4.78, 5) is 31.0. The summed E-state index contributed by atoms with van der Waals surface area (Å²) in [5.74, 6) is 0.762. The van der Waals surface area contributed by atoms with Crippen LogP contribution in [0.3, 0.4) is 0 Å². The molecule has 1 N–H and O–H groups in total. The number of phenolic OH excluding ortho intramolecular Hbond substituents is 1. The molecule has 1 aromatic heterocycles. The normalized spacial score (nSPS) is 24.0. The van der Waals surface area contributed by atoms with E-state index < -0.39 is 0 Å². The molecule has 10 nitrogen and oxygen atoms in total. The molecule has 2 fully saturated rings. The molecule has 4 heterocycles. The summed E-state index contributed by atoms with van der Waals surface area (Å²) in [5.41, 5.74) is 4.15. The number of amides is 1. The first-order valence-corrected chi connectivity index (χ1v) is 15.3. The van der Waals surface area contributed by atoms with E-state index >= 15 is 0 Å². The van der Waals surface area contributed by atoms with E-state index in [-0.39, 0.29) is 30.2 Å². The van der Waals surface area contributed by atoms with Crippen LogP contribution in [0.1, 0.15) is 60.5 Å². The molecule has 42 heavy (non-hydrogen) atoms. The molecule has 3 aliphatic heterocycles. The third kappa shape index (κ3) is 5.41. The highest BCUT2D eigenvalue weighted by molar-refractivity contribution is 6.33. The Hall–Kier alpha value is -3.39. The Morgan fingerprint density at radius 3 is 2.86 bits per heavy atom. The van der Waals surface area contributed by atoms with Crippen molar-refractivity contribution in [2.24, 2.45) is 0 Å². The Balaban J connectivity index is 1.28. The van der Waals surface area contributed by atoms with Gasteiger partial charge in [0, 0.05) is 50.4 Å². The van der Waals surface area contributed by atoms with E-state index in [2.05, 4.69) is 34.4 Å². The number of hydrogen-bond acceptors (Lipinski definition) is 9. The number of phenols is 1. The summed E-state index contributed by atoms with van der Waals surface area (Å²) < 4.78 is 6.20. The second-order valence-corrected chi connectivity index (χ2v) is 12.2. The quantitative estimate of drug-likeness (QED) is 0.458. The average Bonchev–Trinajstić information content (AvgIpc) is 3.73. The molecule has 0 radical (unpaired) electrons. The number of ether oxygens (including phenoxy) is 1. The van der Waals surface area contributed by atoms with E-state index in [1.54, 1.807) is 11.0 Å². The number of halogens is 1. The van der Waals surface area contributed by atoms with Gasteiger partial charge >= 0.3 is 6.01 Å². The molecule has 1 amide bonds. The molecule has 1 unspecified atom stereocenters. The third-order valence-corrected chi connectivity index (χ3v) is 9.79. The van der Waals surface area contributed by atoms with Gasteiger partial charge in [-0.05, 0) is 69.0 Å². The summed E-state index contributed by atoms with van der Waals surface area (Å²) in [6, 6.07) is 6.58. The maximum atomic E-state index is 12.5. The SMILES string of the molecule is C=CC(=O)N1CCN(c2nc(OCC[C@@H]3CCCN3C)nc3c2CN(C2CCc4ccc(O)c(Cl)c42)C3)C[C@@H]1CC#N. The fourth-order valence-corrected chi connectivity index (χ4v) is 7.46. The van der Waals surface area contributed by atoms with Crippen molar-refractivity contribution in [1.82, 2.24) is 24.7 Å². The maximum absolute atomic E-state index is 12.5. The van der Waals surface area contributed by atoms with Crippen molar-refractivity contribution in [3.8, 4) is 17.8 Å². The lowest BCUT2D eigenvalue weighted by Gasteiger charge is -2.41. The number of rotatable bonds is 8. The summed E-state index contributed by atoms with van der Waals surface area (Å²) in [6.45, 7) is 8.13. The molecule has 4 aliphatic rings. The van der Waals surface area contributed by atoms with Gasteiger partial charge in [-0.25, -0.2) is 0 Å². The maximum Gasteiger partial charge on any atom is 0.318 e. The van der Waals surface area contributed by atoms with Gasteiger partial charge < -0.3 is 24.5 Å². The molecule has 1 aliphatic carbocycles. The van der Waals surface area contributed by atoms with E-state index in [1.165, 1.54) is 24.5 Å². The van der Waals surface area contributed by atoms with E-state index in [9.17, 15) is 15.2 Å². The van der Waals surface area contributed by atoms with Gasteiger partial charge in [0.05, 0.1) is 35.9 Å². The summed E-state index contributed by atoms with van der Waals surface area (Å²) in [7, 11) is 2.16. The van der Waals surface area contributed by atoms with Crippen molar-refractivity contribution in [3.05, 3.63) is 52.2 Å². The number of aryl methyl sites for hydroxylation is 1. The first-order valence-electron chi connectivity index (χ1n) is 14.9. The van der Waals surface area contributed by atoms with E-state index in [1.807, 2.05) is 6.07 Å². The van der Waals surface area contributed by atoms with Crippen molar-refractivity contribution >= 4 is 23.3 Å². The topological polar surface area (TPSA) is 109 Å². The second kappa shape index (κ2) is 12.1. The van der Waals surface area contributed by atoms with Gasteiger partial charge in [-0.2, -0.15) is 15.2 Å². The molecule has 1 aromatic carbocycles. The molecule has 2 aromatic rings. The number of anilines is 1. The van der Waals surface area contributed by atoms with Crippen molar-refractivity contribution in [1.29, 1.82) is 5.26 Å². The number of benzene rings is 1. The Morgan fingerprint density at radius 2 is 2.10 bits per heavy atom. The van der Waals surface area contributed by atoms with Crippen LogP contribution in [0.4, 0.5) is 5.82 Å². The molecular formula is C31H38ClN7O3. The highest BCUT2D eigenvalue weighted by Crippen LogP contribution is 2.46. The minimum Gasteiger partial charge on any atom is -0.506 e. The zero-order chi connectivity index (χ0) is 29.4. The summed E-state index contributed by atoms with van der Waals surface area (Å²) in [6.07, 6.45) is 6.69. The monoisotopic (exact) mass is 591 g/mol. The van der Waals surface area contributed by atoms with Crippen molar-refractivity contribution < 1.29 is 14.6 Å². The van der Waals surface area contributed by atoms with Crippen molar-refractivity contribution in [3.63, 3.8) is 0 Å². The van der Waals surface area contributed by atoms with Crippen molar-refractivity contribution in [2.75, 3.05) is 44.7 Å². The average molecular weight is 592 g/mol. The Bertz CT molecular complexity index is 1410. The van der Waals surface area contributed by atoms with Crippen LogP contribution in [0.25, 0.3) is 0 Å². The van der Waals surface area contributed by atoms with Crippen LogP contribution in [0.5, 0.6) is 11.8 Å². The van der Waals surface area contributed by atoms with Crippen LogP contribution in [-0.4, -0.2) is 87.6 Å². The highest BCUT2D eigenvalue weighted by Gasteiger charge is 2.38. The number of piperazine rings is 1. The molecular weight excluding hydrogens is 554 g/mol. The largest absolute Gasteiger partial charge is 0.506 e. The number of carbonyl (C=O) groups excluding carboxylic acids is 1. The van der Waals surface area contributed by atoms with Crippen LogP contribution in [0, 0.1) is 11.3 Å². The van der Waals surface area contributed by atoms with Gasteiger partial charge in [-0.3, -0.25) is 9.69 Å². The lowest BCUT2D eigenvalue weighted by atomic mass is 10.1. The minimum absolute atomic E-state index is 0.0670. The zero-order valence-electron chi connectivity index (χ0n) is 24.1. The predicted molar refractivity (Wildman–Crippen MR) is 159 cm³/mol. The standard InChI is InChI=1S/C31H38ClN7O3/c1-3-27(41)39-15-14-37(17-22(39)10-12-33)30-23-18-38(25-8-6-20-7-9-26(40)29(32)28(20)25)19-24(23)34-31(35-30)42-16-11-21-5-4-13-36(21)2/h3,7,9,21-22,25,40H,1,4-6,8,10-11,13-19H2,2H3/t21-,22-,25?/m0/s1. The number of aromatic hydroxyl groups is 1. The van der Waals surface area contributed by atoms with Crippen LogP contribution >= 0.6 is 11.6 Å². The van der Waals surface area contributed by atoms with Gasteiger partial charge in [-0.15, -0.1) is 0 Å². The zero-order valence-corrected chi connectivity index (χ0v) is 24.9. The van der Waals surface area contributed by atoms with Crippen LogP contribution < -0.4 is 9.64 Å². The van der Waals surface area contributed by atoms with Crippen molar-refractivity contribution in [2.45, 2.75) is 69.7 Å². The molecule has 222 valence electrons. The number of nitrogens with zero attached hydrogens (tertiary/aromatic N) is 7. The molecule has 3 atom stereocenters. The Kier molecular flexibility index (Phi) is 8.26. The lowest BCUT2D eigenvalue weighted by Crippen LogP contribution is -2.55. The van der Waals surface area contributed by atoms with E-state index in [0.717, 1.165) is 48.4 Å². The van der Waals surface area contributed by atoms with Crippen LogP contribution in [-0.2, 0) is 24.3 Å². The van der Waals surface area contributed by atoms with E-state index in [4.69, 9.17) is 26.3 Å². The summed E-state index contributed by atoms with van der Waals surface area (Å²) in [5, 5.41) is 20.3. The fraction of sp³-hybridized carbons (Fsp3) is 0.548. The first kappa shape index (κ1) is 28.7. The molecule has 0 spiro atoms. The van der Waals surface area contributed by atoms with Crippen LogP contribution in [0.2, 0.25) is 5.02 Å². The predicted octanol–water partition coefficient (Wildman–Crippen LogP) is 3.82. The number of hydrogen-bond donors (Lipinski definition) is 1. The van der Waals surface area contributed by atoms with Gasteiger partial charge in [0.25, 0.3) is 0 Å². The van der Waals surface area contributed by atoms with Gasteiger partial charge in [0.1, 0.15) is 11.6 Å². The number of nitriles is 1. The second-order valence-electron chi connectivity index (χ2n) is 11.8. The fourth-order valence-electron chi connectivity index (χ4n) is 7.15. The van der Waals surface area contributed by atoms with Gasteiger partial charge in [0.15, 0.2) is 0 Å². The van der Waals surface area contributed by atoms with Gasteiger partial charge in [-0.1, -0.05) is 24.2 Å². The molecule has 11 heteroatoms. The first-order chi connectivity index (χ1) is 20.4. The highest BCUT2D eigenvalue weighted by atomic mass is 35.5. The molecule has 0 saturated carbocycles. The third-order valence-electron chi connectivity index (χ3n) is 9.40. The number of fused-ring (bicyclic) bond motifs is 2. The number of aromatic nitrogens is 2. The number of likely N-dealkylation sites (tertiary alicyclic amines) is 1. The Morgan fingerprint density at radius 1 is 1.24 bits per heavy atom. The lowest BCUT2D eigenvalue weighted by molar-refractivity contribution is -0.128. The smallest absolute Gasteiger partial charge is 0.318 e. The molecule has 2 saturated heterocycles. The van der Waals surface area contributed by atoms with Crippen LogP contribution in [0.15, 0.2) is 24.8 Å². The Labute approximate surface area is 252 Å². The number of carbonyl (C=O) groups is 1. The van der Waals surface area contributed by atoms with Gasteiger partial charge in [0.2, 0.25) is 5.91 Å². The summed E-state index contributed by atoms with van der Waals surface area (Å²) >= 11 is 6.62.